The number of rotatable bonds is 6. The number of alkyl halides is 2. The van der Waals surface area contributed by atoms with Gasteiger partial charge in [-0.3, -0.25) is 0 Å². The lowest BCUT2D eigenvalue weighted by molar-refractivity contribution is -0.144. The lowest BCUT2D eigenvalue weighted by atomic mass is 9.77. The van der Waals surface area contributed by atoms with Crippen molar-refractivity contribution in [3.05, 3.63) is 29.3 Å². The Morgan fingerprint density at radius 2 is 2.00 bits per heavy atom. The molecule has 1 atom stereocenters. The number of benzene rings is 1. The van der Waals surface area contributed by atoms with Gasteiger partial charge in [-0.1, -0.05) is 6.07 Å². The van der Waals surface area contributed by atoms with Crippen LogP contribution in [0.15, 0.2) is 18.2 Å². The molecular weight excluding hydrogens is 311 g/mol. The van der Waals surface area contributed by atoms with Crippen LogP contribution in [0.5, 0.6) is 0 Å². The molecule has 1 aliphatic rings. The van der Waals surface area contributed by atoms with E-state index in [9.17, 15) is 9.90 Å². The maximum atomic E-state index is 11.6. The zero-order chi connectivity index (χ0) is 15.5. The molecule has 0 bridgehead atoms. The van der Waals surface area contributed by atoms with E-state index in [1.54, 1.807) is 0 Å². The van der Waals surface area contributed by atoms with Crippen molar-refractivity contribution >= 4 is 34.9 Å². The predicted octanol–water partition coefficient (Wildman–Crippen LogP) is 2.55. The van der Waals surface area contributed by atoms with Gasteiger partial charge in [-0.25, -0.2) is 4.79 Å². The number of nitrogens with two attached hydrogens (primary N) is 1. The smallest absolute Gasteiger partial charge is 0.328 e. The van der Waals surface area contributed by atoms with Gasteiger partial charge in [0.2, 0.25) is 0 Å². The molecule has 3 N–H and O–H groups in total. The SMILES string of the molecule is N[C@@]1(C(=O)O)CCCc2ccc(N(CCCl)CCCl)cc21. The summed E-state index contributed by atoms with van der Waals surface area (Å²) in [5.74, 6) is 0.00303. The zero-order valence-electron chi connectivity index (χ0n) is 11.8. The summed E-state index contributed by atoms with van der Waals surface area (Å²) in [6, 6.07) is 5.86. The molecule has 1 aliphatic carbocycles. The monoisotopic (exact) mass is 330 g/mol. The Hall–Kier alpha value is -0.970. The number of aliphatic carboxylic acids is 1. The molecule has 0 spiro atoms. The van der Waals surface area contributed by atoms with Crippen LogP contribution in [0.25, 0.3) is 0 Å². The lowest BCUT2D eigenvalue weighted by Crippen LogP contribution is -2.47. The Bertz CT molecular complexity index is 518. The van der Waals surface area contributed by atoms with Crippen LogP contribution in [0, 0.1) is 0 Å². The van der Waals surface area contributed by atoms with E-state index in [0.717, 1.165) is 24.1 Å². The van der Waals surface area contributed by atoms with E-state index in [2.05, 4.69) is 4.90 Å². The number of anilines is 1. The normalized spacial score (nSPS) is 20.9. The van der Waals surface area contributed by atoms with E-state index < -0.39 is 11.5 Å². The first kappa shape index (κ1) is 16.4. The molecule has 0 aromatic heterocycles. The number of nitrogens with zero attached hydrogens (tertiary/aromatic N) is 1. The molecule has 1 aromatic carbocycles. The van der Waals surface area contributed by atoms with Gasteiger partial charge < -0.3 is 15.7 Å². The average molecular weight is 331 g/mol. The molecule has 1 aromatic rings. The summed E-state index contributed by atoms with van der Waals surface area (Å²) in [7, 11) is 0. The first-order valence-electron chi connectivity index (χ1n) is 7.05. The van der Waals surface area contributed by atoms with Crippen molar-refractivity contribution in [3.8, 4) is 0 Å². The molecule has 0 amide bonds. The largest absolute Gasteiger partial charge is 0.480 e. The minimum absolute atomic E-state index is 0.462. The summed E-state index contributed by atoms with van der Waals surface area (Å²) in [6.07, 6.45) is 2.12. The fraction of sp³-hybridized carbons (Fsp3) is 0.533. The van der Waals surface area contributed by atoms with Gasteiger partial charge in [-0.15, -0.1) is 23.2 Å². The van der Waals surface area contributed by atoms with E-state index in [0.29, 0.717) is 36.8 Å². The Balaban J connectivity index is 2.42. The van der Waals surface area contributed by atoms with Gasteiger partial charge in [0, 0.05) is 30.5 Å². The highest BCUT2D eigenvalue weighted by Crippen LogP contribution is 2.36. The molecule has 6 heteroatoms. The van der Waals surface area contributed by atoms with Crippen LogP contribution in [0.4, 0.5) is 5.69 Å². The third-order valence-corrected chi connectivity index (χ3v) is 4.39. The van der Waals surface area contributed by atoms with Crippen molar-refractivity contribution in [2.24, 2.45) is 5.73 Å². The molecule has 2 rings (SSSR count). The second-order valence-corrected chi connectivity index (χ2v) is 6.09. The van der Waals surface area contributed by atoms with Gasteiger partial charge >= 0.3 is 5.97 Å². The van der Waals surface area contributed by atoms with Crippen molar-refractivity contribution in [3.63, 3.8) is 0 Å². The number of hydrogen-bond acceptors (Lipinski definition) is 3. The summed E-state index contributed by atoms with van der Waals surface area (Å²) in [4.78, 5) is 13.6. The minimum atomic E-state index is -1.29. The van der Waals surface area contributed by atoms with Gasteiger partial charge in [-0.2, -0.15) is 0 Å². The van der Waals surface area contributed by atoms with Crippen molar-refractivity contribution in [1.29, 1.82) is 0 Å². The second-order valence-electron chi connectivity index (χ2n) is 5.34. The number of fused-ring (bicyclic) bond motifs is 1. The van der Waals surface area contributed by atoms with Crippen LogP contribution in [-0.2, 0) is 16.8 Å². The molecule has 21 heavy (non-hydrogen) atoms. The number of carboxylic acid groups (broad SMARTS) is 1. The number of aryl methyl sites for hydroxylation is 1. The highest BCUT2D eigenvalue weighted by molar-refractivity contribution is 6.18. The lowest BCUT2D eigenvalue weighted by Gasteiger charge is -2.33. The first-order chi connectivity index (χ1) is 10.0. The molecule has 0 radical (unpaired) electrons. The molecule has 0 saturated carbocycles. The first-order valence-corrected chi connectivity index (χ1v) is 8.12. The Kier molecular flexibility index (Phi) is 5.36. The molecule has 0 saturated heterocycles. The fourth-order valence-electron chi connectivity index (χ4n) is 2.88. The Morgan fingerprint density at radius 3 is 2.57 bits per heavy atom. The zero-order valence-corrected chi connectivity index (χ0v) is 13.3. The van der Waals surface area contributed by atoms with E-state index in [4.69, 9.17) is 28.9 Å². The quantitative estimate of drug-likeness (QED) is 0.786. The maximum absolute atomic E-state index is 11.6. The van der Waals surface area contributed by atoms with Crippen LogP contribution in [0.1, 0.15) is 24.0 Å². The van der Waals surface area contributed by atoms with Crippen molar-refractivity contribution in [2.45, 2.75) is 24.8 Å². The van der Waals surface area contributed by atoms with Crippen molar-refractivity contribution in [2.75, 3.05) is 29.7 Å². The summed E-state index contributed by atoms with van der Waals surface area (Å²) in [5.41, 5.74) is 7.53. The highest BCUT2D eigenvalue weighted by Gasteiger charge is 2.40. The van der Waals surface area contributed by atoms with Gasteiger partial charge in [0.1, 0.15) is 5.54 Å². The molecule has 0 heterocycles. The third kappa shape index (κ3) is 3.28. The van der Waals surface area contributed by atoms with E-state index in [-0.39, 0.29) is 0 Å². The molecule has 0 unspecified atom stereocenters. The standard InChI is InChI=1S/C15H20Cl2N2O2/c16-6-8-19(9-7-17)12-4-3-11-2-1-5-15(18,14(20)21)13(11)10-12/h3-4,10H,1-2,5-9,18H2,(H,20,21)/t15-/m0/s1. The molecule has 0 aliphatic heterocycles. The van der Waals surface area contributed by atoms with Crippen LogP contribution in [0.2, 0.25) is 0 Å². The predicted molar refractivity (Wildman–Crippen MR) is 86.5 cm³/mol. The van der Waals surface area contributed by atoms with Crippen molar-refractivity contribution in [1.82, 2.24) is 0 Å². The molecular formula is C15H20Cl2N2O2. The van der Waals surface area contributed by atoms with Gasteiger partial charge in [0.05, 0.1) is 0 Å². The second kappa shape index (κ2) is 6.86. The summed E-state index contributed by atoms with van der Waals surface area (Å²) >= 11 is 11.7. The summed E-state index contributed by atoms with van der Waals surface area (Å²) < 4.78 is 0. The maximum Gasteiger partial charge on any atom is 0.328 e. The topological polar surface area (TPSA) is 66.6 Å². The summed E-state index contributed by atoms with van der Waals surface area (Å²) in [6.45, 7) is 1.33. The van der Waals surface area contributed by atoms with E-state index >= 15 is 0 Å². The molecule has 116 valence electrons. The number of halogens is 2. The van der Waals surface area contributed by atoms with Gasteiger partial charge in [-0.05, 0) is 42.5 Å². The Labute approximate surface area is 134 Å². The fourth-order valence-corrected chi connectivity index (χ4v) is 3.29. The average Bonchev–Trinajstić information content (AvgIpc) is 2.47. The van der Waals surface area contributed by atoms with Crippen molar-refractivity contribution < 1.29 is 9.90 Å². The summed E-state index contributed by atoms with van der Waals surface area (Å²) in [5, 5.41) is 9.50. The molecule has 0 fully saturated rings. The van der Waals surface area contributed by atoms with Crippen LogP contribution in [-0.4, -0.2) is 35.9 Å². The van der Waals surface area contributed by atoms with E-state index in [1.807, 2.05) is 18.2 Å². The van der Waals surface area contributed by atoms with Crippen LogP contribution < -0.4 is 10.6 Å². The van der Waals surface area contributed by atoms with Gasteiger partial charge in [0.25, 0.3) is 0 Å². The van der Waals surface area contributed by atoms with Crippen LogP contribution in [0.3, 0.4) is 0 Å². The molecule has 4 nitrogen and oxygen atoms in total. The number of hydrogen-bond donors (Lipinski definition) is 2. The third-order valence-electron chi connectivity index (χ3n) is 4.05. The van der Waals surface area contributed by atoms with Gasteiger partial charge in [0.15, 0.2) is 0 Å². The number of carbonyl (C=O) groups is 1. The number of carboxylic acids is 1. The minimum Gasteiger partial charge on any atom is -0.480 e. The Morgan fingerprint density at radius 1 is 1.33 bits per heavy atom. The highest BCUT2D eigenvalue weighted by atomic mass is 35.5. The van der Waals surface area contributed by atoms with Crippen LogP contribution >= 0.6 is 23.2 Å². The van der Waals surface area contributed by atoms with E-state index in [1.165, 1.54) is 0 Å².